The molecule has 1 aromatic carbocycles. The van der Waals surface area contributed by atoms with E-state index in [-0.39, 0.29) is 5.56 Å². The van der Waals surface area contributed by atoms with Crippen LogP contribution in [-0.2, 0) is 0 Å². The van der Waals surface area contributed by atoms with Crippen molar-refractivity contribution in [3.63, 3.8) is 0 Å². The Morgan fingerprint density at radius 2 is 1.81 bits per heavy atom. The number of rotatable bonds is 2. The highest BCUT2D eigenvalue weighted by Gasteiger charge is 2.12. The van der Waals surface area contributed by atoms with E-state index in [1.54, 1.807) is 24.3 Å². The number of carbonyl (C=O) groups is 1. The molecular formula is C12H7ClO3. The minimum atomic E-state index is -0.813. The van der Waals surface area contributed by atoms with Gasteiger partial charge in [-0.15, -0.1) is 0 Å². The molecule has 0 fully saturated rings. The van der Waals surface area contributed by atoms with Gasteiger partial charge in [-0.25, -0.2) is 0 Å². The molecule has 1 heterocycles. The molecule has 0 amide bonds. The fourth-order valence-corrected chi connectivity index (χ4v) is 1.51. The lowest BCUT2D eigenvalue weighted by Crippen LogP contribution is -2.12. The van der Waals surface area contributed by atoms with Gasteiger partial charge in [0.15, 0.2) is 0 Å². The van der Waals surface area contributed by atoms with Crippen molar-refractivity contribution >= 4 is 16.8 Å². The summed E-state index contributed by atoms with van der Waals surface area (Å²) in [4.78, 5) is 22.8. The van der Waals surface area contributed by atoms with E-state index < -0.39 is 10.7 Å². The highest BCUT2D eigenvalue weighted by Crippen LogP contribution is 2.15. The van der Waals surface area contributed by atoms with Crippen LogP contribution < -0.4 is 5.43 Å². The van der Waals surface area contributed by atoms with Crippen LogP contribution in [0.5, 0.6) is 0 Å². The van der Waals surface area contributed by atoms with Gasteiger partial charge < -0.3 is 4.42 Å². The first-order chi connectivity index (χ1) is 7.70. The minimum absolute atomic E-state index is 0.150. The Morgan fingerprint density at radius 1 is 1.12 bits per heavy atom. The second kappa shape index (κ2) is 4.33. The van der Waals surface area contributed by atoms with Gasteiger partial charge in [0.25, 0.3) is 5.24 Å². The van der Waals surface area contributed by atoms with Crippen molar-refractivity contribution in [3.8, 4) is 11.1 Å². The van der Waals surface area contributed by atoms with Crippen LogP contribution in [0.2, 0.25) is 0 Å². The second-order valence-electron chi connectivity index (χ2n) is 3.17. The molecule has 16 heavy (non-hydrogen) atoms. The van der Waals surface area contributed by atoms with Crippen molar-refractivity contribution in [1.82, 2.24) is 0 Å². The first kappa shape index (κ1) is 10.6. The summed E-state index contributed by atoms with van der Waals surface area (Å²) in [6.07, 6.45) is 2.37. The van der Waals surface area contributed by atoms with Crippen molar-refractivity contribution in [1.29, 1.82) is 0 Å². The Balaban J connectivity index is 2.64. The summed E-state index contributed by atoms with van der Waals surface area (Å²) >= 11 is 5.27. The summed E-state index contributed by atoms with van der Waals surface area (Å²) in [6.45, 7) is 0. The van der Waals surface area contributed by atoms with Crippen molar-refractivity contribution < 1.29 is 9.21 Å². The third-order valence-electron chi connectivity index (χ3n) is 2.16. The van der Waals surface area contributed by atoms with E-state index in [1.807, 2.05) is 6.07 Å². The maximum absolute atomic E-state index is 11.8. The molecule has 0 aliphatic carbocycles. The van der Waals surface area contributed by atoms with Crippen LogP contribution in [0.25, 0.3) is 11.1 Å². The molecular weight excluding hydrogens is 228 g/mol. The fraction of sp³-hybridized carbons (Fsp3) is 0. The zero-order valence-corrected chi connectivity index (χ0v) is 8.90. The molecule has 0 N–H and O–H groups in total. The van der Waals surface area contributed by atoms with E-state index in [2.05, 4.69) is 0 Å². The highest BCUT2D eigenvalue weighted by molar-refractivity contribution is 6.67. The van der Waals surface area contributed by atoms with E-state index in [9.17, 15) is 9.59 Å². The van der Waals surface area contributed by atoms with Gasteiger partial charge in [-0.1, -0.05) is 30.3 Å². The molecule has 1 aromatic heterocycles. The number of hydrogen-bond acceptors (Lipinski definition) is 3. The topological polar surface area (TPSA) is 47.3 Å². The lowest BCUT2D eigenvalue weighted by Gasteiger charge is -2.00. The molecule has 80 valence electrons. The molecule has 4 heteroatoms. The fourth-order valence-electron chi connectivity index (χ4n) is 1.37. The summed E-state index contributed by atoms with van der Waals surface area (Å²) in [5, 5.41) is -0.813. The predicted octanol–water partition coefficient (Wildman–Crippen LogP) is 2.69. The number of benzene rings is 1. The van der Waals surface area contributed by atoms with Crippen LogP contribution in [-0.4, -0.2) is 5.24 Å². The lowest BCUT2D eigenvalue weighted by atomic mass is 10.1. The molecule has 0 unspecified atom stereocenters. The van der Waals surface area contributed by atoms with E-state index in [4.69, 9.17) is 16.0 Å². The van der Waals surface area contributed by atoms with Gasteiger partial charge in [0, 0.05) is 0 Å². The van der Waals surface area contributed by atoms with Crippen molar-refractivity contribution in [3.05, 3.63) is 58.6 Å². The lowest BCUT2D eigenvalue weighted by molar-refractivity contribution is 0.107. The molecule has 0 bridgehead atoms. The summed E-state index contributed by atoms with van der Waals surface area (Å²) in [6, 6.07) is 8.94. The molecule has 0 atom stereocenters. The Labute approximate surface area is 96.3 Å². The molecule has 0 aliphatic rings. The smallest absolute Gasteiger partial charge is 0.259 e. The predicted molar refractivity (Wildman–Crippen MR) is 60.6 cm³/mol. The molecule has 2 rings (SSSR count). The standard InChI is InChI=1S/C12H7ClO3/c13-12(15)10-7-16-6-9(11(10)14)8-4-2-1-3-5-8/h1-7H. The maximum atomic E-state index is 11.8. The second-order valence-corrected chi connectivity index (χ2v) is 3.51. The Hall–Kier alpha value is -1.87. The van der Waals surface area contributed by atoms with Gasteiger partial charge in [0.05, 0.1) is 5.56 Å². The maximum Gasteiger partial charge on any atom is 0.259 e. The van der Waals surface area contributed by atoms with Crippen LogP contribution >= 0.6 is 11.6 Å². The van der Waals surface area contributed by atoms with E-state index in [0.717, 1.165) is 6.26 Å². The van der Waals surface area contributed by atoms with E-state index in [0.29, 0.717) is 11.1 Å². The minimum Gasteiger partial charge on any atom is -0.471 e. The van der Waals surface area contributed by atoms with Gasteiger partial charge in [-0.3, -0.25) is 9.59 Å². The monoisotopic (exact) mass is 234 g/mol. The highest BCUT2D eigenvalue weighted by atomic mass is 35.5. The average molecular weight is 235 g/mol. The molecule has 0 radical (unpaired) electrons. The van der Waals surface area contributed by atoms with Crippen LogP contribution in [0, 0.1) is 0 Å². The van der Waals surface area contributed by atoms with Gasteiger partial charge in [0.1, 0.15) is 18.1 Å². The summed E-state index contributed by atoms with van der Waals surface area (Å²) in [7, 11) is 0. The zero-order chi connectivity index (χ0) is 11.5. The largest absolute Gasteiger partial charge is 0.471 e. The third-order valence-corrected chi connectivity index (χ3v) is 2.36. The van der Waals surface area contributed by atoms with E-state index in [1.165, 1.54) is 6.26 Å². The summed E-state index contributed by atoms with van der Waals surface area (Å²) in [5.41, 5.74) is 0.448. The van der Waals surface area contributed by atoms with E-state index >= 15 is 0 Å². The van der Waals surface area contributed by atoms with Gasteiger partial charge in [-0.05, 0) is 17.2 Å². The van der Waals surface area contributed by atoms with Crippen molar-refractivity contribution in [2.24, 2.45) is 0 Å². The average Bonchev–Trinajstić information content (AvgIpc) is 2.30. The van der Waals surface area contributed by atoms with Crippen LogP contribution in [0.15, 0.2) is 52.1 Å². The van der Waals surface area contributed by atoms with Gasteiger partial charge in [-0.2, -0.15) is 0 Å². The SMILES string of the molecule is O=C(Cl)c1cocc(-c2ccccc2)c1=O. The zero-order valence-electron chi connectivity index (χ0n) is 8.14. The van der Waals surface area contributed by atoms with Crippen molar-refractivity contribution in [2.45, 2.75) is 0 Å². The Kier molecular flexibility index (Phi) is 2.88. The number of halogens is 1. The van der Waals surface area contributed by atoms with Crippen LogP contribution in [0.1, 0.15) is 10.4 Å². The summed E-state index contributed by atoms with van der Waals surface area (Å²) < 4.78 is 4.93. The molecule has 0 aliphatic heterocycles. The normalized spacial score (nSPS) is 10.1. The Morgan fingerprint density at radius 3 is 2.44 bits per heavy atom. The molecule has 0 spiro atoms. The summed E-state index contributed by atoms with van der Waals surface area (Å²) in [5.74, 6) is 0. The number of hydrogen-bond donors (Lipinski definition) is 0. The Bertz CT molecular complexity index is 572. The third kappa shape index (κ3) is 1.90. The van der Waals surface area contributed by atoms with Crippen LogP contribution in [0.4, 0.5) is 0 Å². The first-order valence-corrected chi connectivity index (χ1v) is 4.93. The van der Waals surface area contributed by atoms with Crippen LogP contribution in [0.3, 0.4) is 0 Å². The number of carbonyl (C=O) groups excluding carboxylic acids is 1. The molecule has 3 nitrogen and oxygen atoms in total. The van der Waals surface area contributed by atoms with Gasteiger partial charge >= 0.3 is 0 Å². The molecule has 0 saturated carbocycles. The quantitative estimate of drug-likeness (QED) is 0.751. The first-order valence-electron chi connectivity index (χ1n) is 4.56. The van der Waals surface area contributed by atoms with Crippen molar-refractivity contribution in [2.75, 3.05) is 0 Å². The molecule has 0 saturated heterocycles. The van der Waals surface area contributed by atoms with Gasteiger partial charge in [0.2, 0.25) is 5.43 Å². The molecule has 2 aromatic rings.